The molecule has 0 radical (unpaired) electrons. The molecule has 0 bridgehead atoms. The number of hydroxylamine groups is 3. The maximum atomic E-state index is 13.6. The van der Waals surface area contributed by atoms with E-state index < -0.39 is 5.79 Å². The molecule has 0 aliphatic carbocycles. The molecule has 1 aromatic rings. The Hall–Kier alpha value is -0.940. The molecule has 0 unspecified atom stereocenters. The summed E-state index contributed by atoms with van der Waals surface area (Å²) in [5.41, 5.74) is 1.08. The second kappa shape index (κ2) is 5.06. The van der Waals surface area contributed by atoms with Gasteiger partial charge in [0.15, 0.2) is 5.79 Å². The molecule has 2 heterocycles. The minimum absolute atomic E-state index is 0.0630. The zero-order chi connectivity index (χ0) is 15.3. The number of fused-ring (bicyclic) bond motifs is 1. The summed E-state index contributed by atoms with van der Waals surface area (Å²) in [5.74, 6) is -0.574. The summed E-state index contributed by atoms with van der Waals surface area (Å²) in [7, 11) is 0. The predicted molar refractivity (Wildman–Crippen MR) is 81.1 cm³/mol. The summed E-state index contributed by atoms with van der Waals surface area (Å²) >= 11 is 0. The van der Waals surface area contributed by atoms with Crippen LogP contribution in [-0.2, 0) is 16.0 Å². The van der Waals surface area contributed by atoms with E-state index >= 15 is 0 Å². The topological polar surface area (TPSA) is 41.5 Å². The molecule has 1 aromatic carbocycles. The number of benzene rings is 1. The van der Waals surface area contributed by atoms with Gasteiger partial charge in [-0.2, -0.15) is 0 Å². The van der Waals surface area contributed by atoms with Crippen LogP contribution in [0.5, 0.6) is 0 Å². The van der Waals surface area contributed by atoms with Crippen molar-refractivity contribution in [2.24, 2.45) is 0 Å². The van der Waals surface area contributed by atoms with Crippen LogP contribution >= 0.6 is 0 Å². The standard InChI is InChI=1S/C17H25NO3/c1-5-14-16-15(20-17(3,4)21-16)12(2)18(14,19)11-13-9-7-6-8-10-13/h6-10,12,14-16H,5,11H2,1-4H3/t12-,14-,15-,16+,18+/m1/s1. The Kier molecular flexibility index (Phi) is 3.61. The van der Waals surface area contributed by atoms with Crippen molar-refractivity contribution in [1.29, 1.82) is 0 Å². The quantitative estimate of drug-likeness (QED) is 0.634. The normalized spacial score (nSPS) is 41.2. The molecule has 3 rings (SSSR count). The first-order valence-corrected chi connectivity index (χ1v) is 7.85. The lowest BCUT2D eigenvalue weighted by Gasteiger charge is -2.49. The number of rotatable bonds is 3. The highest BCUT2D eigenvalue weighted by molar-refractivity contribution is 5.14. The minimum atomic E-state index is -0.574. The zero-order valence-corrected chi connectivity index (χ0v) is 13.3. The first-order valence-electron chi connectivity index (χ1n) is 7.85. The van der Waals surface area contributed by atoms with Gasteiger partial charge in [-0.25, -0.2) is 0 Å². The summed E-state index contributed by atoms with van der Waals surface area (Å²) in [4.78, 5) is 0. The monoisotopic (exact) mass is 291 g/mol. The lowest BCUT2D eigenvalue weighted by atomic mass is 10.1. The molecule has 2 saturated heterocycles. The largest absolute Gasteiger partial charge is 0.632 e. The van der Waals surface area contributed by atoms with Crippen LogP contribution in [0.3, 0.4) is 0 Å². The molecule has 4 heteroatoms. The number of nitrogens with zero attached hydrogens (tertiary/aromatic N) is 1. The van der Waals surface area contributed by atoms with Crippen LogP contribution in [-0.4, -0.2) is 34.7 Å². The molecule has 4 nitrogen and oxygen atoms in total. The van der Waals surface area contributed by atoms with Gasteiger partial charge in [0, 0.05) is 5.56 Å². The fourth-order valence-electron chi connectivity index (χ4n) is 3.96. The highest BCUT2D eigenvalue weighted by Crippen LogP contribution is 2.46. The van der Waals surface area contributed by atoms with Crippen LogP contribution in [0, 0.1) is 5.21 Å². The van der Waals surface area contributed by atoms with E-state index in [0.717, 1.165) is 12.0 Å². The van der Waals surface area contributed by atoms with E-state index in [1.165, 1.54) is 0 Å². The number of quaternary nitrogens is 1. The van der Waals surface area contributed by atoms with Crippen molar-refractivity contribution < 1.29 is 14.1 Å². The summed E-state index contributed by atoms with van der Waals surface area (Å²) in [6.07, 6.45) is 0.605. The first-order chi connectivity index (χ1) is 9.87. The smallest absolute Gasteiger partial charge is 0.164 e. The Labute approximate surface area is 126 Å². The van der Waals surface area contributed by atoms with Crippen LogP contribution in [0.2, 0.25) is 0 Å². The molecule has 5 atom stereocenters. The van der Waals surface area contributed by atoms with Gasteiger partial charge in [0.25, 0.3) is 0 Å². The van der Waals surface area contributed by atoms with Gasteiger partial charge in [-0.05, 0) is 27.2 Å². The fraction of sp³-hybridized carbons (Fsp3) is 0.647. The van der Waals surface area contributed by atoms with E-state index in [1.807, 2.05) is 51.1 Å². The van der Waals surface area contributed by atoms with Crippen molar-refractivity contribution in [3.63, 3.8) is 0 Å². The summed E-state index contributed by atoms with van der Waals surface area (Å²) < 4.78 is 11.8. The second-order valence-corrected chi connectivity index (χ2v) is 6.78. The van der Waals surface area contributed by atoms with E-state index in [9.17, 15) is 5.21 Å². The van der Waals surface area contributed by atoms with Gasteiger partial charge in [-0.3, -0.25) is 0 Å². The van der Waals surface area contributed by atoms with Crippen molar-refractivity contribution >= 4 is 0 Å². The molecule has 116 valence electrons. The first kappa shape index (κ1) is 15.0. The zero-order valence-electron chi connectivity index (χ0n) is 13.3. The Morgan fingerprint density at radius 2 is 1.76 bits per heavy atom. The second-order valence-electron chi connectivity index (χ2n) is 6.78. The van der Waals surface area contributed by atoms with Gasteiger partial charge in [-0.15, -0.1) is 0 Å². The lowest BCUT2D eigenvalue weighted by molar-refractivity contribution is -0.931. The number of ether oxygens (including phenoxy) is 2. The van der Waals surface area contributed by atoms with Crippen LogP contribution in [0.4, 0.5) is 0 Å². The highest BCUT2D eigenvalue weighted by Gasteiger charge is 2.61. The van der Waals surface area contributed by atoms with E-state index in [-0.39, 0.29) is 28.9 Å². The van der Waals surface area contributed by atoms with E-state index in [2.05, 4.69) is 6.92 Å². The van der Waals surface area contributed by atoms with E-state index in [1.54, 1.807) is 0 Å². The summed E-state index contributed by atoms with van der Waals surface area (Å²) in [5, 5.41) is 13.6. The van der Waals surface area contributed by atoms with Gasteiger partial charge in [0.1, 0.15) is 30.8 Å². The third kappa shape index (κ3) is 2.40. The van der Waals surface area contributed by atoms with Gasteiger partial charge >= 0.3 is 0 Å². The van der Waals surface area contributed by atoms with Crippen molar-refractivity contribution in [2.75, 3.05) is 0 Å². The van der Waals surface area contributed by atoms with Crippen molar-refractivity contribution in [3.8, 4) is 0 Å². The van der Waals surface area contributed by atoms with E-state index in [0.29, 0.717) is 6.54 Å². The highest BCUT2D eigenvalue weighted by atomic mass is 16.8. The number of hydrogen-bond acceptors (Lipinski definition) is 3. The van der Waals surface area contributed by atoms with Crippen LogP contribution in [0.15, 0.2) is 30.3 Å². The maximum Gasteiger partial charge on any atom is 0.164 e. The molecule has 2 fully saturated rings. The molecule has 2 aliphatic heterocycles. The Bertz CT molecular complexity index is 504. The Morgan fingerprint density at radius 1 is 1.14 bits per heavy atom. The van der Waals surface area contributed by atoms with Gasteiger partial charge < -0.3 is 19.3 Å². The van der Waals surface area contributed by atoms with Gasteiger partial charge in [0.05, 0.1) is 0 Å². The SMILES string of the molecule is CC[C@@H]1[C@@H]2OC(C)(C)O[C@@H]2[C@@H](C)[N@@+]1([O-])Cc1ccccc1. The molecule has 2 aliphatic rings. The molecule has 21 heavy (non-hydrogen) atoms. The third-order valence-electron chi connectivity index (χ3n) is 4.96. The third-order valence-corrected chi connectivity index (χ3v) is 4.96. The predicted octanol–water partition coefficient (Wildman–Crippen LogP) is 3.20. The Balaban J connectivity index is 1.89. The molecule has 0 amide bonds. The maximum absolute atomic E-state index is 13.6. The summed E-state index contributed by atoms with van der Waals surface area (Å²) in [6, 6.07) is 9.83. The van der Waals surface area contributed by atoms with E-state index in [4.69, 9.17) is 9.47 Å². The Morgan fingerprint density at radius 3 is 2.38 bits per heavy atom. The average Bonchev–Trinajstić information content (AvgIpc) is 2.83. The molecule has 0 N–H and O–H groups in total. The minimum Gasteiger partial charge on any atom is -0.632 e. The average molecular weight is 291 g/mol. The fourth-order valence-corrected chi connectivity index (χ4v) is 3.96. The summed E-state index contributed by atoms with van der Waals surface area (Å²) in [6.45, 7) is 8.43. The van der Waals surface area contributed by atoms with Crippen molar-refractivity contribution in [2.45, 2.75) is 70.7 Å². The number of likely N-dealkylation sites (tertiary alicyclic amines) is 1. The molecule has 0 aromatic heterocycles. The molecule has 0 saturated carbocycles. The van der Waals surface area contributed by atoms with Crippen LogP contribution in [0.25, 0.3) is 0 Å². The molecule has 0 spiro atoms. The lowest BCUT2D eigenvalue weighted by Crippen LogP contribution is -2.53. The van der Waals surface area contributed by atoms with Crippen molar-refractivity contribution in [3.05, 3.63) is 41.1 Å². The number of hydrogen-bond donors (Lipinski definition) is 0. The van der Waals surface area contributed by atoms with Gasteiger partial charge in [0.2, 0.25) is 0 Å². The molecular formula is C17H25NO3. The van der Waals surface area contributed by atoms with Crippen molar-refractivity contribution in [1.82, 2.24) is 0 Å². The van der Waals surface area contributed by atoms with Crippen LogP contribution < -0.4 is 0 Å². The van der Waals surface area contributed by atoms with Crippen LogP contribution in [0.1, 0.15) is 39.7 Å². The molecular weight excluding hydrogens is 266 g/mol. The van der Waals surface area contributed by atoms with Gasteiger partial charge in [-0.1, -0.05) is 37.3 Å².